The molecule has 1 aromatic carbocycles. The van der Waals surface area contributed by atoms with Gasteiger partial charge in [0.2, 0.25) is 0 Å². The van der Waals surface area contributed by atoms with Crippen molar-refractivity contribution in [2.75, 3.05) is 0 Å². The van der Waals surface area contributed by atoms with E-state index in [0.717, 1.165) is 5.56 Å². The van der Waals surface area contributed by atoms with Crippen molar-refractivity contribution in [1.82, 2.24) is 0 Å². The fourth-order valence-corrected chi connectivity index (χ4v) is 1.19. The zero-order valence-electron chi connectivity index (χ0n) is 6.87. The van der Waals surface area contributed by atoms with Gasteiger partial charge in [-0.25, -0.2) is 0 Å². The smallest absolute Gasteiger partial charge is 0.0704 e. The van der Waals surface area contributed by atoms with E-state index < -0.39 is 6.10 Å². The summed E-state index contributed by atoms with van der Waals surface area (Å²) in [6, 6.07) is 6.85. The van der Waals surface area contributed by atoms with Crippen LogP contribution >= 0.6 is 11.6 Å². The Hall–Kier alpha value is -0.570. The highest BCUT2D eigenvalue weighted by atomic mass is 35.5. The van der Waals surface area contributed by atoms with Crippen LogP contribution in [0.25, 0.3) is 0 Å². The highest BCUT2D eigenvalue weighted by Gasteiger charge is 2.11. The van der Waals surface area contributed by atoms with Crippen LogP contribution in [0.3, 0.4) is 0 Å². The summed E-state index contributed by atoms with van der Waals surface area (Å²) in [6.45, 7) is 1.66. The minimum atomic E-state index is -0.552. The minimum absolute atomic E-state index is 0.358. The molecular formula is C9H12ClNO. The van der Waals surface area contributed by atoms with E-state index in [0.29, 0.717) is 5.02 Å². The molecule has 1 unspecified atom stereocenters. The predicted octanol–water partition coefficient (Wildman–Crippen LogP) is 1.72. The van der Waals surface area contributed by atoms with Crippen molar-refractivity contribution in [1.29, 1.82) is 0 Å². The van der Waals surface area contributed by atoms with Crippen LogP contribution < -0.4 is 5.73 Å². The standard InChI is InChI=1S/C9H12ClNO/c1-6(12)9(11)7-3-2-4-8(10)5-7/h2-6,9,12H,11H2,1H3/t6-,9?/m0/s1. The van der Waals surface area contributed by atoms with Gasteiger partial charge in [-0.15, -0.1) is 0 Å². The molecule has 1 rings (SSSR count). The van der Waals surface area contributed by atoms with Crippen LogP contribution in [0.15, 0.2) is 24.3 Å². The highest BCUT2D eigenvalue weighted by Crippen LogP contribution is 2.18. The molecule has 0 amide bonds. The first-order valence-corrected chi connectivity index (χ1v) is 4.18. The van der Waals surface area contributed by atoms with Gasteiger partial charge in [-0.05, 0) is 24.6 Å². The quantitative estimate of drug-likeness (QED) is 0.737. The van der Waals surface area contributed by atoms with Crippen LogP contribution in [0.2, 0.25) is 5.02 Å². The molecule has 0 radical (unpaired) electrons. The molecule has 0 aliphatic heterocycles. The Morgan fingerprint density at radius 1 is 1.50 bits per heavy atom. The van der Waals surface area contributed by atoms with Gasteiger partial charge in [0, 0.05) is 5.02 Å². The van der Waals surface area contributed by atoms with Crippen LogP contribution in [0.1, 0.15) is 18.5 Å². The van der Waals surface area contributed by atoms with Crippen molar-refractivity contribution in [3.63, 3.8) is 0 Å². The molecule has 0 fully saturated rings. The fourth-order valence-electron chi connectivity index (χ4n) is 0.992. The number of aliphatic hydroxyl groups is 1. The Kier molecular flexibility index (Phi) is 3.09. The second-order valence-electron chi connectivity index (χ2n) is 2.82. The Morgan fingerprint density at radius 3 is 2.67 bits per heavy atom. The third-order valence-corrected chi connectivity index (χ3v) is 1.99. The van der Waals surface area contributed by atoms with Crippen molar-refractivity contribution in [2.45, 2.75) is 19.1 Å². The number of benzene rings is 1. The molecule has 0 aliphatic rings. The highest BCUT2D eigenvalue weighted by molar-refractivity contribution is 6.30. The van der Waals surface area contributed by atoms with Crippen molar-refractivity contribution >= 4 is 11.6 Å². The molecule has 3 heteroatoms. The molecule has 3 N–H and O–H groups in total. The SMILES string of the molecule is C[C@H](O)C(N)c1cccc(Cl)c1. The van der Waals surface area contributed by atoms with Crippen LogP contribution in [-0.2, 0) is 0 Å². The molecule has 0 bridgehead atoms. The van der Waals surface area contributed by atoms with Crippen LogP contribution in [-0.4, -0.2) is 11.2 Å². The van der Waals surface area contributed by atoms with E-state index in [1.54, 1.807) is 19.1 Å². The van der Waals surface area contributed by atoms with E-state index in [9.17, 15) is 5.11 Å². The lowest BCUT2D eigenvalue weighted by atomic mass is 10.0. The molecular weight excluding hydrogens is 174 g/mol. The van der Waals surface area contributed by atoms with Gasteiger partial charge in [0.15, 0.2) is 0 Å². The maximum Gasteiger partial charge on any atom is 0.0704 e. The predicted molar refractivity (Wildman–Crippen MR) is 50.1 cm³/mol. The minimum Gasteiger partial charge on any atom is -0.391 e. The maximum atomic E-state index is 9.20. The summed E-state index contributed by atoms with van der Waals surface area (Å²) in [7, 11) is 0. The number of aliphatic hydroxyl groups excluding tert-OH is 1. The molecule has 0 aromatic heterocycles. The molecule has 12 heavy (non-hydrogen) atoms. The molecule has 0 saturated heterocycles. The van der Waals surface area contributed by atoms with Gasteiger partial charge in [-0.1, -0.05) is 23.7 Å². The first-order valence-electron chi connectivity index (χ1n) is 3.80. The third kappa shape index (κ3) is 2.21. The van der Waals surface area contributed by atoms with Gasteiger partial charge in [-0.2, -0.15) is 0 Å². The van der Waals surface area contributed by atoms with Crippen LogP contribution in [0.5, 0.6) is 0 Å². The number of hydrogen-bond acceptors (Lipinski definition) is 2. The molecule has 2 atom stereocenters. The number of rotatable bonds is 2. The zero-order chi connectivity index (χ0) is 9.14. The monoisotopic (exact) mass is 185 g/mol. The van der Waals surface area contributed by atoms with Gasteiger partial charge >= 0.3 is 0 Å². The fraction of sp³-hybridized carbons (Fsp3) is 0.333. The largest absolute Gasteiger partial charge is 0.391 e. The Bertz CT molecular complexity index is 262. The van der Waals surface area contributed by atoms with E-state index in [1.807, 2.05) is 12.1 Å². The van der Waals surface area contributed by atoms with Gasteiger partial charge in [-0.3, -0.25) is 0 Å². The summed E-state index contributed by atoms with van der Waals surface area (Å²) in [5, 5.41) is 9.84. The van der Waals surface area contributed by atoms with E-state index in [2.05, 4.69) is 0 Å². The Balaban J connectivity index is 2.88. The third-order valence-electron chi connectivity index (χ3n) is 1.75. The topological polar surface area (TPSA) is 46.2 Å². The van der Waals surface area contributed by atoms with Gasteiger partial charge in [0.25, 0.3) is 0 Å². The maximum absolute atomic E-state index is 9.20. The second-order valence-corrected chi connectivity index (χ2v) is 3.26. The van der Waals surface area contributed by atoms with Gasteiger partial charge < -0.3 is 10.8 Å². The zero-order valence-corrected chi connectivity index (χ0v) is 7.62. The molecule has 66 valence electrons. The van der Waals surface area contributed by atoms with E-state index >= 15 is 0 Å². The second kappa shape index (κ2) is 3.90. The first-order chi connectivity index (χ1) is 5.61. The van der Waals surface area contributed by atoms with Gasteiger partial charge in [0.05, 0.1) is 12.1 Å². The molecule has 2 nitrogen and oxygen atoms in total. The molecule has 0 saturated carbocycles. The lowest BCUT2D eigenvalue weighted by Gasteiger charge is -2.14. The van der Waals surface area contributed by atoms with Crippen LogP contribution in [0, 0.1) is 0 Å². The summed E-state index contributed by atoms with van der Waals surface area (Å²) in [4.78, 5) is 0. The summed E-state index contributed by atoms with van der Waals surface area (Å²) in [6.07, 6.45) is -0.552. The number of halogens is 1. The summed E-state index contributed by atoms with van der Waals surface area (Å²) in [5.74, 6) is 0. The average molecular weight is 186 g/mol. The molecule has 0 spiro atoms. The normalized spacial score (nSPS) is 15.7. The summed E-state index contributed by atoms with van der Waals surface area (Å²) < 4.78 is 0. The van der Waals surface area contributed by atoms with E-state index in [4.69, 9.17) is 17.3 Å². The number of hydrogen-bond donors (Lipinski definition) is 2. The van der Waals surface area contributed by atoms with Crippen molar-refractivity contribution in [3.05, 3.63) is 34.9 Å². The van der Waals surface area contributed by atoms with E-state index in [-0.39, 0.29) is 6.04 Å². The van der Waals surface area contributed by atoms with Crippen molar-refractivity contribution in [2.24, 2.45) is 5.73 Å². The Labute approximate surface area is 77.0 Å². The first kappa shape index (κ1) is 9.52. The lowest BCUT2D eigenvalue weighted by molar-refractivity contribution is 0.164. The summed E-state index contributed by atoms with van der Waals surface area (Å²) >= 11 is 5.76. The molecule has 0 heterocycles. The summed E-state index contributed by atoms with van der Waals surface area (Å²) in [5.41, 5.74) is 6.56. The van der Waals surface area contributed by atoms with Gasteiger partial charge in [0.1, 0.15) is 0 Å². The number of nitrogens with two attached hydrogens (primary N) is 1. The van der Waals surface area contributed by atoms with E-state index in [1.165, 1.54) is 0 Å². The molecule has 1 aromatic rings. The lowest BCUT2D eigenvalue weighted by Crippen LogP contribution is -2.22. The van der Waals surface area contributed by atoms with Crippen LogP contribution in [0.4, 0.5) is 0 Å². The average Bonchev–Trinajstić information content (AvgIpc) is 2.03. The van der Waals surface area contributed by atoms with Crippen molar-refractivity contribution in [3.8, 4) is 0 Å². The Morgan fingerprint density at radius 2 is 2.17 bits per heavy atom. The van der Waals surface area contributed by atoms with Crippen molar-refractivity contribution < 1.29 is 5.11 Å². The molecule has 0 aliphatic carbocycles.